The zero-order chi connectivity index (χ0) is 92.8. The number of rotatable bonds is 113. The molecule has 6 heteroatoms. The van der Waals surface area contributed by atoms with Crippen molar-refractivity contribution in [2.75, 3.05) is 19.8 Å². The Balaban J connectivity index is -0.00000183. The molecule has 0 N–H and O–H groups in total. The molecule has 0 aromatic rings. The Bertz CT molecular complexity index is 1830. The number of unbranched alkanes of at least 4 members (excludes halogenated alkanes) is 101. The van der Waals surface area contributed by atoms with Crippen LogP contribution in [0, 0.1) is 0 Å². The van der Waals surface area contributed by atoms with Crippen molar-refractivity contribution < 1.29 is 28.6 Å². The van der Waals surface area contributed by atoms with Gasteiger partial charge in [-0.1, -0.05) is 690 Å². The molecule has 0 bridgehead atoms. The summed E-state index contributed by atoms with van der Waals surface area (Å²) in [6.07, 6.45) is 150. The number of carbonyl (C=O) groups is 3. The molecule has 6 nitrogen and oxygen atoms in total. The van der Waals surface area contributed by atoms with Gasteiger partial charge in [-0.15, -0.1) is 0 Å². The van der Waals surface area contributed by atoms with Crippen LogP contribution in [0.4, 0.5) is 0 Å². The first-order valence-electron chi connectivity index (χ1n) is 60.9. The Labute approximate surface area is 809 Å². The van der Waals surface area contributed by atoms with Crippen molar-refractivity contribution in [1.29, 1.82) is 0 Å². The Hall–Kier alpha value is -1.59. The van der Waals surface area contributed by atoms with Gasteiger partial charge in [-0.05, 0) is 38.5 Å². The van der Waals surface area contributed by atoms with E-state index in [-0.39, 0.29) is 17.9 Å². The normalized spacial score (nSPS) is 11.4. The molecule has 0 saturated heterocycles. The van der Waals surface area contributed by atoms with Crippen molar-refractivity contribution >= 4 is 17.9 Å². The quantitative estimate of drug-likeness (QED) is 0.0343. The molecule has 0 aromatic heterocycles. The average Bonchev–Trinajstić information content (AvgIpc) is 1.05. The molecule has 0 saturated carbocycles. The van der Waals surface area contributed by atoms with Gasteiger partial charge in [-0.3, -0.25) is 14.4 Å². The topological polar surface area (TPSA) is 78.9 Å². The standard InChI is InChI=1S/C42H84O2.2C40H80O2/c1-3-5-7-9-11-13-15-17-19-21-22-23-25-27-29-31-33-35-37-39-41-44-42(43)40-38-36-34-32-30-28-26-24-20-18-16-14-12-10-8-6-4-2;1-3-5-7-9-11-13-15-17-19-21-22-23-24-26-28-30-32-34-36-38-40(41)42-39-37-35-33-31-29-27-25-20-18-16-14-12-10-8-6-4-2;1-3-5-7-9-11-13-15-17-19-21-23-25-27-29-31-33-35-37-39-42-40(41)38-36-34-32-30-28-26-24-22-20-18-16-14-12-10-8-6-4-2/h3-41H2,1-2H3;2*3-39H2,1-2H3. The molecule has 0 aliphatic rings. The van der Waals surface area contributed by atoms with Gasteiger partial charge in [0.25, 0.3) is 0 Å². The maximum atomic E-state index is 12.0. The first kappa shape index (κ1) is 131. The van der Waals surface area contributed by atoms with Crippen LogP contribution >= 0.6 is 0 Å². The van der Waals surface area contributed by atoms with Crippen molar-refractivity contribution in [3.8, 4) is 0 Å². The second kappa shape index (κ2) is 127. The van der Waals surface area contributed by atoms with Crippen LogP contribution in [-0.2, 0) is 28.6 Å². The van der Waals surface area contributed by atoms with Gasteiger partial charge in [0, 0.05) is 19.3 Å². The molecule has 0 unspecified atom stereocenters. The molecule has 0 amide bonds. The van der Waals surface area contributed by atoms with Gasteiger partial charge in [0.1, 0.15) is 0 Å². The summed E-state index contributed by atoms with van der Waals surface area (Å²) in [4.78, 5) is 35.9. The lowest BCUT2D eigenvalue weighted by molar-refractivity contribution is -0.144. The average molecular weight is 1810 g/mol. The van der Waals surface area contributed by atoms with Gasteiger partial charge in [0.15, 0.2) is 0 Å². The summed E-state index contributed by atoms with van der Waals surface area (Å²) in [5, 5.41) is 0. The Morgan fingerprint density at radius 1 is 0.102 bits per heavy atom. The van der Waals surface area contributed by atoms with E-state index in [1.54, 1.807) is 0 Å². The molecule has 0 spiro atoms. The third-order valence-electron chi connectivity index (χ3n) is 28.2. The summed E-state index contributed by atoms with van der Waals surface area (Å²) in [5.74, 6) is 0.0923. The fourth-order valence-electron chi connectivity index (χ4n) is 19.1. The lowest BCUT2D eigenvalue weighted by Gasteiger charge is -2.06. The Morgan fingerprint density at radius 2 is 0.172 bits per heavy atom. The van der Waals surface area contributed by atoms with Crippen LogP contribution in [0.1, 0.15) is 748 Å². The molecule has 768 valence electrons. The van der Waals surface area contributed by atoms with Crippen molar-refractivity contribution in [1.82, 2.24) is 0 Å². The third-order valence-corrected chi connectivity index (χ3v) is 28.2. The van der Waals surface area contributed by atoms with Crippen molar-refractivity contribution in [2.24, 2.45) is 0 Å². The predicted molar refractivity (Wildman–Crippen MR) is 575 cm³/mol. The number of esters is 3. The molecule has 0 fully saturated rings. The van der Waals surface area contributed by atoms with E-state index in [1.165, 1.54) is 649 Å². The van der Waals surface area contributed by atoms with E-state index in [4.69, 9.17) is 14.2 Å². The molecule has 0 aromatic carbocycles. The smallest absolute Gasteiger partial charge is 0.305 e. The van der Waals surface area contributed by atoms with Crippen LogP contribution in [0.3, 0.4) is 0 Å². The number of hydrogen-bond donors (Lipinski definition) is 0. The molecule has 0 radical (unpaired) electrons. The first-order valence-corrected chi connectivity index (χ1v) is 60.9. The molecule has 0 aliphatic heterocycles. The van der Waals surface area contributed by atoms with Gasteiger partial charge in [-0.2, -0.15) is 0 Å². The highest BCUT2D eigenvalue weighted by molar-refractivity contribution is 5.69. The van der Waals surface area contributed by atoms with Gasteiger partial charge in [0.2, 0.25) is 0 Å². The van der Waals surface area contributed by atoms with Crippen LogP contribution in [0.15, 0.2) is 0 Å². The minimum absolute atomic E-state index is 0.0305. The maximum absolute atomic E-state index is 12.0. The maximum Gasteiger partial charge on any atom is 0.305 e. The molecule has 0 atom stereocenters. The molecule has 0 heterocycles. The molecule has 0 aliphatic carbocycles. The number of carbonyl (C=O) groups excluding carboxylic acids is 3. The summed E-state index contributed by atoms with van der Waals surface area (Å²) in [7, 11) is 0. The SMILES string of the molecule is CCCCCCCCCCCCCCCCCCCCCC(=O)OCCCCCCCCCCCCCCCCCC.CCCCCCCCCCCCCCCCCCCCCCOC(=O)CCCCCCCCCCCCCCCCCCC.CCCCCCCCCCCCCCCCCCCCOC(=O)CCCCCCCCCCCCCCCCCCC. The van der Waals surface area contributed by atoms with E-state index >= 15 is 0 Å². The van der Waals surface area contributed by atoms with E-state index in [0.717, 1.165) is 38.5 Å². The Morgan fingerprint density at radius 3 is 0.258 bits per heavy atom. The summed E-state index contributed by atoms with van der Waals surface area (Å²) in [6.45, 7) is 15.7. The van der Waals surface area contributed by atoms with E-state index < -0.39 is 0 Å². The minimum Gasteiger partial charge on any atom is -0.466 e. The molecule has 0 rings (SSSR count). The van der Waals surface area contributed by atoms with E-state index in [2.05, 4.69) is 41.5 Å². The minimum atomic E-state index is 0.0305. The molecule has 128 heavy (non-hydrogen) atoms. The lowest BCUT2D eigenvalue weighted by Crippen LogP contribution is -2.05. The molecular formula is C122H244O6. The van der Waals surface area contributed by atoms with Crippen LogP contribution < -0.4 is 0 Å². The fourth-order valence-corrected chi connectivity index (χ4v) is 19.1. The first-order chi connectivity index (χ1) is 63.4. The third kappa shape index (κ3) is 131. The Kier molecular flexibility index (Phi) is 130. The van der Waals surface area contributed by atoms with Crippen LogP contribution in [0.25, 0.3) is 0 Å². The number of ether oxygens (including phenoxy) is 3. The summed E-state index contributed by atoms with van der Waals surface area (Å²) in [5.41, 5.74) is 0. The van der Waals surface area contributed by atoms with Crippen LogP contribution in [0.5, 0.6) is 0 Å². The van der Waals surface area contributed by atoms with Crippen molar-refractivity contribution in [3.05, 3.63) is 0 Å². The van der Waals surface area contributed by atoms with Gasteiger partial charge < -0.3 is 14.2 Å². The van der Waals surface area contributed by atoms with E-state index in [1.807, 2.05) is 0 Å². The van der Waals surface area contributed by atoms with E-state index in [9.17, 15) is 14.4 Å². The summed E-state index contributed by atoms with van der Waals surface area (Å²) >= 11 is 0. The van der Waals surface area contributed by atoms with Crippen molar-refractivity contribution in [3.63, 3.8) is 0 Å². The zero-order valence-electron chi connectivity index (χ0n) is 89.9. The van der Waals surface area contributed by atoms with Crippen LogP contribution in [0.2, 0.25) is 0 Å². The van der Waals surface area contributed by atoms with E-state index in [0.29, 0.717) is 39.1 Å². The van der Waals surface area contributed by atoms with Crippen LogP contribution in [-0.4, -0.2) is 37.7 Å². The van der Waals surface area contributed by atoms with Gasteiger partial charge in [-0.25, -0.2) is 0 Å². The summed E-state index contributed by atoms with van der Waals surface area (Å²) < 4.78 is 16.4. The lowest BCUT2D eigenvalue weighted by atomic mass is 10.0. The highest BCUT2D eigenvalue weighted by Gasteiger charge is 2.09. The van der Waals surface area contributed by atoms with Crippen molar-refractivity contribution in [2.45, 2.75) is 748 Å². The monoisotopic (exact) mass is 1810 g/mol. The predicted octanol–water partition coefficient (Wildman–Crippen LogP) is 44.6. The second-order valence-electron chi connectivity index (χ2n) is 41.6. The highest BCUT2D eigenvalue weighted by Crippen LogP contribution is 2.24. The highest BCUT2D eigenvalue weighted by atomic mass is 16.5. The molecular weight excluding hydrogens is 1560 g/mol. The number of hydrogen-bond acceptors (Lipinski definition) is 6. The largest absolute Gasteiger partial charge is 0.466 e. The van der Waals surface area contributed by atoms with Gasteiger partial charge >= 0.3 is 17.9 Å². The fraction of sp³-hybridized carbons (Fsp3) is 0.975. The van der Waals surface area contributed by atoms with Gasteiger partial charge in [0.05, 0.1) is 19.8 Å². The zero-order valence-corrected chi connectivity index (χ0v) is 89.9. The summed E-state index contributed by atoms with van der Waals surface area (Å²) in [6, 6.07) is 0. The second-order valence-corrected chi connectivity index (χ2v) is 41.6.